The highest BCUT2D eigenvalue weighted by atomic mass is 35.5. The minimum atomic E-state index is -0.835. The van der Waals surface area contributed by atoms with Gasteiger partial charge in [-0.3, -0.25) is 4.79 Å². The lowest BCUT2D eigenvalue weighted by atomic mass is 9.95. The normalized spacial score (nSPS) is 26.3. The van der Waals surface area contributed by atoms with Gasteiger partial charge in [0.15, 0.2) is 24.3 Å². The first-order valence-corrected chi connectivity index (χ1v) is 16.8. The highest BCUT2D eigenvalue weighted by molar-refractivity contribution is 6.30. The van der Waals surface area contributed by atoms with Gasteiger partial charge in [0.1, 0.15) is 11.9 Å². The molecular formula is C35H47ClN2O6. The van der Waals surface area contributed by atoms with Crippen molar-refractivity contribution in [1.29, 1.82) is 0 Å². The molecule has 3 amide bonds. The average Bonchev–Trinajstić information content (AvgIpc) is 3.48. The molecule has 2 aromatic carbocycles. The monoisotopic (exact) mass is 626 g/mol. The van der Waals surface area contributed by atoms with Crippen LogP contribution in [0.15, 0.2) is 54.6 Å². The predicted molar refractivity (Wildman–Crippen MR) is 171 cm³/mol. The first-order chi connectivity index (χ1) is 21.3. The second kappa shape index (κ2) is 15.1. The lowest BCUT2D eigenvalue weighted by molar-refractivity contribution is -0.219. The van der Waals surface area contributed by atoms with Crippen molar-refractivity contribution in [3.8, 4) is 5.75 Å². The van der Waals surface area contributed by atoms with Gasteiger partial charge in [0.2, 0.25) is 5.91 Å². The lowest BCUT2D eigenvalue weighted by Crippen LogP contribution is -2.63. The molecule has 0 saturated carbocycles. The molecule has 3 fully saturated rings. The molecule has 3 saturated heterocycles. The third kappa shape index (κ3) is 7.94. The Hall–Kier alpha value is -2.65. The van der Waals surface area contributed by atoms with E-state index in [1.165, 1.54) is 49.8 Å². The maximum Gasteiger partial charge on any atom is 0.331 e. The minimum absolute atomic E-state index is 0.0915. The van der Waals surface area contributed by atoms with Crippen LogP contribution in [0.4, 0.5) is 10.5 Å². The summed E-state index contributed by atoms with van der Waals surface area (Å²) in [6.07, 6.45) is 9.66. The smallest absolute Gasteiger partial charge is 0.331 e. The van der Waals surface area contributed by atoms with E-state index in [9.17, 15) is 9.59 Å². The molecule has 0 radical (unpaired) electrons. The van der Waals surface area contributed by atoms with Crippen LogP contribution in [0.2, 0.25) is 5.02 Å². The minimum Gasteiger partial charge on any atom is -0.485 e. The fraction of sp³-hybridized carbons (Fsp3) is 0.600. The number of imide groups is 1. The van der Waals surface area contributed by atoms with E-state index in [-0.39, 0.29) is 18.4 Å². The van der Waals surface area contributed by atoms with Crippen LogP contribution in [0.5, 0.6) is 5.75 Å². The van der Waals surface area contributed by atoms with Crippen LogP contribution >= 0.6 is 11.6 Å². The summed E-state index contributed by atoms with van der Waals surface area (Å²) in [5.41, 5.74) is 0.505. The summed E-state index contributed by atoms with van der Waals surface area (Å²) < 4.78 is 25.3. The molecule has 3 heterocycles. The molecular weight excluding hydrogens is 580 g/mol. The summed E-state index contributed by atoms with van der Waals surface area (Å²) in [4.78, 5) is 30.9. The Morgan fingerprint density at radius 3 is 2.14 bits per heavy atom. The molecule has 240 valence electrons. The predicted octanol–water partition coefficient (Wildman–Crippen LogP) is 8.11. The Labute approximate surface area is 266 Å². The van der Waals surface area contributed by atoms with E-state index >= 15 is 0 Å². The molecule has 0 aliphatic carbocycles. The highest BCUT2D eigenvalue weighted by Gasteiger charge is 2.60. The van der Waals surface area contributed by atoms with Gasteiger partial charge >= 0.3 is 6.03 Å². The van der Waals surface area contributed by atoms with Crippen LogP contribution in [0, 0.1) is 0 Å². The number of nitrogens with zero attached hydrogens (tertiary/aromatic N) is 2. The molecule has 0 N–H and O–H groups in total. The second-order valence-corrected chi connectivity index (χ2v) is 13.0. The molecule has 8 nitrogen and oxygen atoms in total. The topological polar surface area (TPSA) is 77.5 Å². The summed E-state index contributed by atoms with van der Waals surface area (Å²) in [5, 5.41) is 0.542. The van der Waals surface area contributed by atoms with Gasteiger partial charge in [0.25, 0.3) is 0 Å². The van der Waals surface area contributed by atoms with Crippen LogP contribution in [-0.4, -0.2) is 59.8 Å². The molecule has 3 aliphatic rings. The van der Waals surface area contributed by atoms with E-state index in [1.807, 2.05) is 44.2 Å². The number of para-hydroxylation sites is 1. The van der Waals surface area contributed by atoms with E-state index in [0.717, 1.165) is 19.3 Å². The summed E-state index contributed by atoms with van der Waals surface area (Å²) in [5.74, 6) is -0.460. The van der Waals surface area contributed by atoms with Crippen LogP contribution in [0.1, 0.15) is 91.4 Å². The van der Waals surface area contributed by atoms with Gasteiger partial charge in [-0.1, -0.05) is 94.5 Å². The lowest BCUT2D eigenvalue weighted by Gasteiger charge is -2.43. The zero-order chi connectivity index (χ0) is 31.1. The fourth-order valence-electron chi connectivity index (χ4n) is 6.53. The van der Waals surface area contributed by atoms with Crippen molar-refractivity contribution in [3.63, 3.8) is 0 Å². The van der Waals surface area contributed by atoms with E-state index in [1.54, 1.807) is 29.2 Å². The van der Waals surface area contributed by atoms with Gasteiger partial charge in [-0.25, -0.2) is 9.69 Å². The number of benzene rings is 2. The number of ether oxygens (including phenoxy) is 4. The van der Waals surface area contributed by atoms with Gasteiger partial charge in [0, 0.05) is 11.6 Å². The third-order valence-corrected chi connectivity index (χ3v) is 8.98. The van der Waals surface area contributed by atoms with Crippen LogP contribution in [0.3, 0.4) is 0 Å². The molecule has 0 bridgehead atoms. The zero-order valence-electron chi connectivity index (χ0n) is 26.3. The maximum absolute atomic E-state index is 14.1. The summed E-state index contributed by atoms with van der Waals surface area (Å²) in [6, 6.07) is 15.4. The number of hydrogen-bond donors (Lipinski definition) is 0. The number of amides is 3. The molecule has 0 aromatic heterocycles. The standard InChI is InChI=1S/C35H47ClN2O6/c1-4-5-6-7-8-9-10-11-12-16-23-37-28(24-29(39)38(34(37)40)26-21-19-25(36)20-22-26)30-31(41-27-17-14-13-15-18-27)32-33(42-30)44-35(2,3)43-32/h13-15,17-22,28,30-33H,4-12,16,23-24H2,1-3H3/t28-,30?,31-,32?,33?/m0/s1. The first-order valence-electron chi connectivity index (χ1n) is 16.4. The van der Waals surface area contributed by atoms with Gasteiger partial charge in [-0.05, 0) is 56.7 Å². The molecule has 2 aromatic rings. The largest absolute Gasteiger partial charge is 0.485 e. The Kier molecular flexibility index (Phi) is 11.2. The van der Waals surface area contributed by atoms with E-state index in [0.29, 0.717) is 23.0 Å². The Morgan fingerprint density at radius 1 is 0.841 bits per heavy atom. The summed E-state index contributed by atoms with van der Waals surface area (Å²) in [7, 11) is 0. The van der Waals surface area contributed by atoms with Gasteiger partial charge < -0.3 is 23.8 Å². The van der Waals surface area contributed by atoms with Crippen molar-refractivity contribution in [2.45, 2.75) is 128 Å². The van der Waals surface area contributed by atoms with Crippen molar-refractivity contribution >= 4 is 29.2 Å². The highest BCUT2D eigenvalue weighted by Crippen LogP contribution is 2.42. The number of anilines is 1. The Balaban J connectivity index is 1.32. The van der Waals surface area contributed by atoms with Gasteiger partial charge in [0.05, 0.1) is 18.2 Å². The second-order valence-electron chi connectivity index (χ2n) is 12.6. The SMILES string of the molecule is CCCCCCCCCCCCN1C(=O)N(c2ccc(Cl)cc2)C(=O)C[C@H]1C1OC2OC(C)(C)OC2[C@H]1Oc1ccccc1. The fourth-order valence-corrected chi connectivity index (χ4v) is 6.66. The van der Waals surface area contributed by atoms with E-state index in [2.05, 4.69) is 6.92 Å². The van der Waals surface area contributed by atoms with E-state index in [4.69, 9.17) is 30.5 Å². The average molecular weight is 627 g/mol. The molecule has 5 rings (SSSR count). The number of urea groups is 1. The Bertz CT molecular complexity index is 1230. The quantitative estimate of drug-likeness (QED) is 0.186. The number of rotatable bonds is 15. The van der Waals surface area contributed by atoms with Crippen molar-refractivity contribution in [1.82, 2.24) is 4.90 Å². The van der Waals surface area contributed by atoms with Crippen molar-refractivity contribution in [2.24, 2.45) is 0 Å². The first kappa shape index (κ1) is 32.7. The van der Waals surface area contributed by atoms with Crippen molar-refractivity contribution in [2.75, 3.05) is 11.4 Å². The van der Waals surface area contributed by atoms with Gasteiger partial charge in [-0.15, -0.1) is 0 Å². The number of carbonyl (C=O) groups is 2. The number of carbonyl (C=O) groups excluding carboxylic acids is 2. The Morgan fingerprint density at radius 2 is 1.48 bits per heavy atom. The number of fused-ring (bicyclic) bond motifs is 1. The number of unbranched alkanes of at least 4 members (excludes halogenated alkanes) is 9. The zero-order valence-corrected chi connectivity index (χ0v) is 27.0. The third-order valence-electron chi connectivity index (χ3n) is 8.73. The van der Waals surface area contributed by atoms with Crippen LogP contribution in [-0.2, 0) is 19.0 Å². The molecule has 0 spiro atoms. The number of halogens is 1. The molecule has 9 heteroatoms. The van der Waals surface area contributed by atoms with Crippen molar-refractivity contribution in [3.05, 3.63) is 59.6 Å². The van der Waals surface area contributed by atoms with Crippen LogP contribution in [0.25, 0.3) is 0 Å². The van der Waals surface area contributed by atoms with Crippen LogP contribution < -0.4 is 9.64 Å². The summed E-state index contributed by atoms with van der Waals surface area (Å²) in [6.45, 7) is 6.44. The maximum atomic E-state index is 14.1. The molecule has 44 heavy (non-hydrogen) atoms. The number of hydrogen-bond acceptors (Lipinski definition) is 6. The summed E-state index contributed by atoms with van der Waals surface area (Å²) >= 11 is 6.11. The van der Waals surface area contributed by atoms with Gasteiger partial charge in [-0.2, -0.15) is 0 Å². The molecule has 3 unspecified atom stereocenters. The van der Waals surface area contributed by atoms with E-state index < -0.39 is 36.4 Å². The molecule has 3 aliphatic heterocycles. The van der Waals surface area contributed by atoms with Crippen molar-refractivity contribution < 1.29 is 28.5 Å². The molecule has 5 atom stereocenters.